The Morgan fingerprint density at radius 3 is 0.915 bits per heavy atom. The van der Waals surface area contributed by atoms with Crippen LogP contribution in [-0.4, -0.2) is 161 Å². The molecule has 0 saturated heterocycles. The first-order valence-electron chi connectivity index (χ1n) is 32.7. The number of carbonyl (C=O) groups is 9. The summed E-state index contributed by atoms with van der Waals surface area (Å²) in [5.41, 5.74) is 45.2. The van der Waals surface area contributed by atoms with Crippen molar-refractivity contribution in [3.05, 3.63) is 108 Å². The van der Waals surface area contributed by atoms with Gasteiger partial charge in [0, 0.05) is 76.3 Å². The van der Waals surface area contributed by atoms with E-state index >= 15 is 9.59 Å². The second kappa shape index (κ2) is 39.4. The highest BCUT2D eigenvalue weighted by atomic mass is 32.1. The number of rotatable bonds is 44. The van der Waals surface area contributed by atoms with Crippen molar-refractivity contribution in [2.24, 2.45) is 40.1 Å². The average molecular weight is 1320 g/mol. The van der Waals surface area contributed by atoms with Crippen molar-refractivity contribution >= 4 is 98.5 Å². The van der Waals surface area contributed by atoms with E-state index in [-0.39, 0.29) is 63.8 Å². The van der Waals surface area contributed by atoms with Gasteiger partial charge in [-0.2, -0.15) is 12.6 Å². The molecule has 3 aromatic carbocycles. The summed E-state index contributed by atoms with van der Waals surface area (Å²) in [5, 5.41) is 24.8. The summed E-state index contributed by atoms with van der Waals surface area (Å²) in [5.74, 6) is -6.77. The lowest BCUT2D eigenvalue weighted by Crippen LogP contribution is -2.61. The van der Waals surface area contributed by atoms with Crippen LogP contribution in [0.4, 0.5) is 0 Å². The number of aromatic nitrogens is 3. The maximum Gasteiger partial charge on any atom is 0.244 e. The van der Waals surface area contributed by atoms with Gasteiger partial charge in [-0.25, -0.2) is 0 Å². The molecule has 0 bridgehead atoms. The van der Waals surface area contributed by atoms with Crippen LogP contribution in [0.3, 0.4) is 0 Å². The number of fused-ring (bicyclic) bond motifs is 3. The van der Waals surface area contributed by atoms with Gasteiger partial charge in [-0.3, -0.25) is 43.2 Å². The molecule has 0 aliphatic heterocycles. The van der Waals surface area contributed by atoms with E-state index in [0.717, 1.165) is 32.7 Å². The molecule has 27 nitrogen and oxygen atoms in total. The standard InChI is InChI=1S/C66H98N18O9S/c67-28-12-7-20-46(72)59(86)78-51(25-9-14-30-69)61(88)81-55(34-41-37-75-48-22-5-2-18-44(41)48)64(91)83-54(33-40-36-74-47-21-4-1-17-43(40)47)63(90)80-52(26-10-15-31-70)60(87)79-53(27-11-16-32-71)62(89)82-56(35-42-38-76-49-23-6-3-19-45(42)49)65(92)84-57(39-94)66(93)77-50(58(73)85)24-8-13-29-68/h1-6,17-19,21-23,36-38,46,50-57,74-76,94H,7-16,20,24-35,39,67-72H2,(H2,73,85)(H,77,93)(H,78,86)(H,79,87)(H,80,90)(H,81,88)(H,82,89)(H,83,91)(H,84,92)/t46-,50-,51-,52-,53-,54-,55-,56-,57-/m0/s1. The summed E-state index contributed by atoms with van der Waals surface area (Å²) in [6, 6.07) is 11.0. The van der Waals surface area contributed by atoms with Crippen molar-refractivity contribution in [1.82, 2.24) is 57.5 Å². The quantitative estimate of drug-likeness (QED) is 0.0182. The van der Waals surface area contributed by atoms with Gasteiger partial charge in [0.1, 0.15) is 48.3 Å². The fourth-order valence-electron chi connectivity index (χ4n) is 11.3. The summed E-state index contributed by atoms with van der Waals surface area (Å²) in [7, 11) is 0. The fraction of sp³-hybridized carbons (Fsp3) is 0.500. The van der Waals surface area contributed by atoms with Gasteiger partial charge in [0.15, 0.2) is 0 Å². The zero-order valence-corrected chi connectivity index (χ0v) is 54.4. The third kappa shape index (κ3) is 22.7. The Morgan fingerprint density at radius 1 is 0.340 bits per heavy atom. The number of hydrogen-bond acceptors (Lipinski definition) is 16. The summed E-state index contributed by atoms with van der Waals surface area (Å²) < 4.78 is 0. The lowest BCUT2D eigenvalue weighted by atomic mass is 10.00. The summed E-state index contributed by atoms with van der Waals surface area (Å²) in [6.45, 7) is 1.64. The van der Waals surface area contributed by atoms with Gasteiger partial charge in [0.2, 0.25) is 53.2 Å². The average Bonchev–Trinajstić information content (AvgIpc) is 2.11. The molecular weight excluding hydrogens is 1220 g/mol. The molecule has 28 heteroatoms. The van der Waals surface area contributed by atoms with E-state index in [0.29, 0.717) is 107 Å². The van der Waals surface area contributed by atoms with Gasteiger partial charge in [-0.15, -0.1) is 0 Å². The van der Waals surface area contributed by atoms with Crippen LogP contribution in [0.15, 0.2) is 91.4 Å². The van der Waals surface area contributed by atoms with Gasteiger partial charge in [0.05, 0.1) is 6.04 Å². The largest absolute Gasteiger partial charge is 0.368 e. The van der Waals surface area contributed by atoms with Gasteiger partial charge in [-0.05, 0) is 158 Å². The molecule has 9 amide bonds. The predicted molar refractivity (Wildman–Crippen MR) is 367 cm³/mol. The number of hydrogen-bond donors (Lipinski definition) is 19. The molecule has 0 fully saturated rings. The molecule has 0 aliphatic carbocycles. The van der Waals surface area contributed by atoms with Crippen LogP contribution in [0, 0.1) is 0 Å². The van der Waals surface area contributed by atoms with Crippen molar-refractivity contribution < 1.29 is 43.2 Å². The highest BCUT2D eigenvalue weighted by Crippen LogP contribution is 2.23. The predicted octanol–water partition coefficient (Wildman–Crippen LogP) is 0.424. The molecule has 3 aromatic heterocycles. The molecule has 9 atom stereocenters. The second-order valence-electron chi connectivity index (χ2n) is 23.8. The van der Waals surface area contributed by atoms with Crippen LogP contribution in [0.25, 0.3) is 32.7 Å². The normalized spacial score (nSPS) is 14.3. The van der Waals surface area contributed by atoms with E-state index < -0.39 is 108 Å². The molecule has 512 valence electrons. The van der Waals surface area contributed by atoms with Gasteiger partial charge >= 0.3 is 0 Å². The van der Waals surface area contributed by atoms with Crippen molar-refractivity contribution in [3.63, 3.8) is 0 Å². The van der Waals surface area contributed by atoms with E-state index in [1.54, 1.807) is 18.6 Å². The number of thiol groups is 1. The number of primary amides is 1. The highest BCUT2D eigenvalue weighted by molar-refractivity contribution is 7.80. The Balaban J connectivity index is 1.31. The van der Waals surface area contributed by atoms with Crippen LogP contribution in [0.5, 0.6) is 0 Å². The number of nitrogens with one attached hydrogen (secondary N) is 11. The van der Waals surface area contributed by atoms with Crippen LogP contribution in [-0.2, 0) is 62.4 Å². The number of benzene rings is 3. The van der Waals surface area contributed by atoms with Crippen molar-refractivity contribution in [1.29, 1.82) is 0 Å². The Morgan fingerprint density at radius 2 is 0.596 bits per heavy atom. The number of para-hydroxylation sites is 3. The number of unbranched alkanes of at least 4 members (excludes halogenated alkanes) is 5. The Bertz CT molecular complexity index is 3430. The highest BCUT2D eigenvalue weighted by Gasteiger charge is 2.36. The summed E-state index contributed by atoms with van der Waals surface area (Å²) in [4.78, 5) is 139. The van der Waals surface area contributed by atoms with E-state index in [1.807, 2.05) is 72.8 Å². The third-order valence-corrected chi connectivity index (χ3v) is 17.0. The topological polar surface area (TPSA) is 479 Å². The lowest BCUT2D eigenvalue weighted by molar-refractivity contribution is -0.136. The van der Waals surface area contributed by atoms with Crippen LogP contribution >= 0.6 is 12.6 Å². The molecule has 0 unspecified atom stereocenters. The molecule has 6 rings (SSSR count). The number of nitrogens with two attached hydrogens (primary N) is 7. The fourth-order valence-corrected chi connectivity index (χ4v) is 11.5. The van der Waals surface area contributed by atoms with Gasteiger partial charge in [-0.1, -0.05) is 61.0 Å². The minimum Gasteiger partial charge on any atom is -0.368 e. The number of H-pyrrole nitrogens is 3. The SMILES string of the molecule is NCCCC[C@H](NC(=O)[C@H](CS)NC(=O)[C@H](Cc1c[nH]c2ccccc12)NC(=O)[C@H](CCCCN)NC(=O)[C@H](CCCCN)NC(=O)[C@H](Cc1c[nH]c2ccccc12)NC(=O)[C@H](Cc1c[nH]c2ccccc12)NC(=O)[C@H](CCCCN)NC(=O)[C@@H](N)CCCCN)C(N)=O. The van der Waals surface area contributed by atoms with E-state index in [4.69, 9.17) is 40.1 Å². The minimum atomic E-state index is -1.40. The molecule has 6 aromatic rings. The first kappa shape index (κ1) is 74.7. The first-order chi connectivity index (χ1) is 45.4. The lowest BCUT2D eigenvalue weighted by Gasteiger charge is -2.28. The van der Waals surface area contributed by atoms with E-state index in [2.05, 4.69) is 70.1 Å². The molecule has 0 saturated carbocycles. The summed E-state index contributed by atoms with van der Waals surface area (Å²) >= 11 is 4.36. The maximum absolute atomic E-state index is 15.3. The molecule has 3 heterocycles. The molecular formula is C66H98N18O9S. The van der Waals surface area contributed by atoms with Crippen LogP contribution in [0.2, 0.25) is 0 Å². The number of aromatic amines is 3. The number of amides is 9. The molecule has 25 N–H and O–H groups in total. The second-order valence-corrected chi connectivity index (χ2v) is 24.2. The first-order valence-corrected chi connectivity index (χ1v) is 33.3. The zero-order valence-electron chi connectivity index (χ0n) is 53.5. The smallest absolute Gasteiger partial charge is 0.244 e. The number of carbonyl (C=O) groups excluding carboxylic acids is 9. The van der Waals surface area contributed by atoms with Crippen molar-refractivity contribution in [3.8, 4) is 0 Å². The molecule has 0 radical (unpaired) electrons. The Labute approximate surface area is 553 Å². The van der Waals surface area contributed by atoms with Gasteiger partial charge in [0.25, 0.3) is 0 Å². The maximum atomic E-state index is 15.3. The Hall–Kier alpha value is -8.38. The molecule has 0 spiro atoms. The van der Waals surface area contributed by atoms with Crippen molar-refractivity contribution in [2.75, 3.05) is 38.5 Å². The zero-order chi connectivity index (χ0) is 67.9. The van der Waals surface area contributed by atoms with E-state index in [9.17, 15) is 33.6 Å². The van der Waals surface area contributed by atoms with Gasteiger partial charge < -0.3 is 97.6 Å². The van der Waals surface area contributed by atoms with E-state index in [1.165, 1.54) is 0 Å². The summed E-state index contributed by atoms with van der Waals surface area (Å²) in [6.07, 6.45) is 10.7. The molecule has 0 aliphatic rings. The third-order valence-electron chi connectivity index (χ3n) is 16.7. The molecule has 94 heavy (non-hydrogen) atoms. The minimum absolute atomic E-state index is 0.0370. The monoisotopic (exact) mass is 1320 g/mol. The van der Waals surface area contributed by atoms with Crippen LogP contribution in [0.1, 0.15) is 113 Å². The van der Waals surface area contributed by atoms with Crippen LogP contribution < -0.4 is 82.7 Å². The van der Waals surface area contributed by atoms with Crippen molar-refractivity contribution in [2.45, 2.75) is 170 Å². The Kier molecular flexibility index (Phi) is 31.3.